The fourth-order valence-corrected chi connectivity index (χ4v) is 2.59. The van der Waals surface area contributed by atoms with Crippen LogP contribution in [0.25, 0.3) is 0 Å². The molecule has 0 spiro atoms. The molecule has 0 aliphatic carbocycles. The van der Waals surface area contributed by atoms with E-state index in [1.807, 2.05) is 32.9 Å². The van der Waals surface area contributed by atoms with E-state index in [1.165, 1.54) is 0 Å². The molecule has 1 heterocycles. The predicted octanol–water partition coefficient (Wildman–Crippen LogP) is 3.21. The third-order valence-corrected chi connectivity index (χ3v) is 4.17. The Labute approximate surface area is 147 Å². The number of benzene rings is 1. The molecule has 25 heavy (non-hydrogen) atoms. The van der Waals surface area contributed by atoms with Crippen LogP contribution in [0, 0.1) is 13.8 Å². The van der Waals surface area contributed by atoms with E-state index in [-0.39, 0.29) is 12.1 Å². The van der Waals surface area contributed by atoms with Gasteiger partial charge in [0.25, 0.3) is 0 Å². The minimum absolute atomic E-state index is 0.189. The van der Waals surface area contributed by atoms with Crippen LogP contribution in [-0.2, 0) is 6.54 Å². The fourth-order valence-electron chi connectivity index (χ4n) is 2.59. The van der Waals surface area contributed by atoms with Crippen molar-refractivity contribution in [3.63, 3.8) is 0 Å². The number of methoxy groups -OCH3 is 2. The smallest absolute Gasteiger partial charge is 0.317 e. The molecule has 0 radical (unpaired) electrons. The molecule has 7 heteroatoms. The zero-order valence-electron chi connectivity index (χ0n) is 15.5. The molecule has 2 amide bonds. The first-order valence-electron chi connectivity index (χ1n) is 8.02. The van der Waals surface area contributed by atoms with Gasteiger partial charge in [0.15, 0.2) is 0 Å². The van der Waals surface area contributed by atoms with Crippen LogP contribution in [0.4, 0.5) is 4.79 Å². The first-order valence-corrected chi connectivity index (χ1v) is 8.02. The van der Waals surface area contributed by atoms with Crippen LogP contribution in [0.2, 0.25) is 0 Å². The van der Waals surface area contributed by atoms with Crippen molar-refractivity contribution in [1.82, 2.24) is 15.4 Å². The van der Waals surface area contributed by atoms with Gasteiger partial charge in [-0.05, 0) is 32.9 Å². The van der Waals surface area contributed by atoms with Crippen LogP contribution >= 0.6 is 0 Å². The highest BCUT2D eigenvalue weighted by Gasteiger charge is 2.19. The molecule has 0 bridgehead atoms. The molecule has 0 aliphatic heterocycles. The summed E-state index contributed by atoms with van der Waals surface area (Å²) in [5, 5.41) is 6.89. The lowest BCUT2D eigenvalue weighted by Gasteiger charge is -2.23. The van der Waals surface area contributed by atoms with Gasteiger partial charge >= 0.3 is 6.03 Å². The summed E-state index contributed by atoms with van der Waals surface area (Å²) in [5.74, 6) is 2.09. The van der Waals surface area contributed by atoms with Crippen molar-refractivity contribution >= 4 is 6.03 Å². The Kier molecular flexibility index (Phi) is 5.90. The van der Waals surface area contributed by atoms with Gasteiger partial charge in [0.05, 0.1) is 32.5 Å². The summed E-state index contributed by atoms with van der Waals surface area (Å²) in [7, 11) is 4.93. The number of carbonyl (C=O) groups excluding carboxylic acids is 1. The molecule has 0 saturated carbocycles. The lowest BCUT2D eigenvalue weighted by molar-refractivity contribution is 0.203. The van der Waals surface area contributed by atoms with E-state index in [4.69, 9.17) is 14.0 Å². The number of aryl methyl sites for hydroxylation is 2. The van der Waals surface area contributed by atoms with E-state index in [0.717, 1.165) is 22.6 Å². The van der Waals surface area contributed by atoms with E-state index >= 15 is 0 Å². The molecule has 0 aliphatic rings. The number of nitrogens with one attached hydrogen (secondary N) is 1. The standard InChI is InChI=1S/C18H25N3O4/c1-11(15-8-7-14(23-5)9-17(15)24-6)19-18(22)21(4)10-16-12(2)20-25-13(16)3/h7-9,11H,10H2,1-6H3,(H,19,22). The minimum Gasteiger partial charge on any atom is -0.497 e. The molecule has 1 unspecified atom stereocenters. The van der Waals surface area contributed by atoms with Crippen molar-refractivity contribution < 1.29 is 18.8 Å². The van der Waals surface area contributed by atoms with Gasteiger partial charge in [-0.3, -0.25) is 0 Å². The lowest BCUT2D eigenvalue weighted by atomic mass is 10.1. The first kappa shape index (κ1) is 18.6. The highest BCUT2D eigenvalue weighted by atomic mass is 16.5. The summed E-state index contributed by atoms with van der Waals surface area (Å²) in [6, 6.07) is 5.11. The second-order valence-electron chi connectivity index (χ2n) is 5.94. The van der Waals surface area contributed by atoms with Crippen LogP contribution < -0.4 is 14.8 Å². The third-order valence-electron chi connectivity index (χ3n) is 4.17. The van der Waals surface area contributed by atoms with Crippen molar-refractivity contribution in [2.75, 3.05) is 21.3 Å². The van der Waals surface area contributed by atoms with Crippen molar-refractivity contribution in [3.8, 4) is 11.5 Å². The van der Waals surface area contributed by atoms with Gasteiger partial charge < -0.3 is 24.2 Å². The third kappa shape index (κ3) is 4.23. The van der Waals surface area contributed by atoms with Crippen LogP contribution in [0.15, 0.2) is 22.7 Å². The first-order chi connectivity index (χ1) is 11.9. The average Bonchev–Trinajstić information content (AvgIpc) is 2.92. The van der Waals surface area contributed by atoms with Gasteiger partial charge in [-0.1, -0.05) is 5.16 Å². The topological polar surface area (TPSA) is 76.8 Å². The molecule has 1 atom stereocenters. The van der Waals surface area contributed by atoms with Crippen LogP contribution in [-0.4, -0.2) is 37.4 Å². The molecule has 1 aromatic carbocycles. The number of hydrogen-bond donors (Lipinski definition) is 1. The van der Waals surface area contributed by atoms with Gasteiger partial charge in [0.2, 0.25) is 0 Å². The number of nitrogens with zero attached hydrogens (tertiary/aromatic N) is 2. The molecule has 2 aromatic rings. The quantitative estimate of drug-likeness (QED) is 0.868. The zero-order valence-corrected chi connectivity index (χ0v) is 15.5. The number of ether oxygens (including phenoxy) is 2. The van der Waals surface area contributed by atoms with E-state index in [0.29, 0.717) is 18.0 Å². The fraction of sp³-hybridized carbons (Fsp3) is 0.444. The van der Waals surface area contributed by atoms with Crippen molar-refractivity contribution in [2.24, 2.45) is 0 Å². The molecule has 2 rings (SSSR count). The Hall–Kier alpha value is -2.70. The summed E-state index contributed by atoms with van der Waals surface area (Å²) in [6.45, 7) is 6.04. The highest BCUT2D eigenvalue weighted by Crippen LogP contribution is 2.29. The second kappa shape index (κ2) is 7.92. The number of hydrogen-bond acceptors (Lipinski definition) is 5. The maximum absolute atomic E-state index is 12.5. The molecule has 136 valence electrons. The number of rotatable bonds is 6. The SMILES string of the molecule is COc1ccc(C(C)NC(=O)N(C)Cc2c(C)noc2C)c(OC)c1. The molecule has 0 fully saturated rings. The van der Waals surface area contributed by atoms with Gasteiger partial charge in [-0.25, -0.2) is 4.79 Å². The summed E-state index contributed by atoms with van der Waals surface area (Å²) < 4.78 is 15.7. The van der Waals surface area contributed by atoms with Gasteiger partial charge in [-0.15, -0.1) is 0 Å². The summed E-state index contributed by atoms with van der Waals surface area (Å²) in [5.41, 5.74) is 2.59. The normalized spacial score (nSPS) is 11.8. The van der Waals surface area contributed by atoms with E-state index in [1.54, 1.807) is 32.2 Å². The summed E-state index contributed by atoms with van der Waals surface area (Å²) >= 11 is 0. The average molecular weight is 347 g/mol. The molecular formula is C18H25N3O4. The molecule has 1 aromatic heterocycles. The number of urea groups is 1. The predicted molar refractivity (Wildman–Crippen MR) is 93.9 cm³/mol. The van der Waals surface area contributed by atoms with Gasteiger partial charge in [-0.2, -0.15) is 0 Å². The molecule has 0 saturated heterocycles. The Balaban J connectivity index is 2.07. The Morgan fingerprint density at radius 1 is 1.32 bits per heavy atom. The summed E-state index contributed by atoms with van der Waals surface area (Å²) in [6.07, 6.45) is 0. The Morgan fingerprint density at radius 3 is 2.60 bits per heavy atom. The van der Waals surface area contributed by atoms with Crippen LogP contribution in [0.3, 0.4) is 0 Å². The van der Waals surface area contributed by atoms with Crippen molar-refractivity contribution in [3.05, 3.63) is 40.8 Å². The Morgan fingerprint density at radius 2 is 2.04 bits per heavy atom. The maximum atomic E-state index is 12.5. The largest absolute Gasteiger partial charge is 0.497 e. The van der Waals surface area contributed by atoms with Crippen molar-refractivity contribution in [2.45, 2.75) is 33.4 Å². The number of aromatic nitrogens is 1. The van der Waals surface area contributed by atoms with E-state index in [2.05, 4.69) is 10.5 Å². The molecular weight excluding hydrogens is 322 g/mol. The molecule has 7 nitrogen and oxygen atoms in total. The van der Waals surface area contributed by atoms with Crippen LogP contribution in [0.5, 0.6) is 11.5 Å². The van der Waals surface area contributed by atoms with Crippen LogP contribution in [0.1, 0.15) is 35.5 Å². The van der Waals surface area contributed by atoms with Gasteiger partial charge in [0.1, 0.15) is 17.3 Å². The summed E-state index contributed by atoms with van der Waals surface area (Å²) in [4.78, 5) is 14.1. The van der Waals surface area contributed by atoms with Gasteiger partial charge in [0, 0.05) is 24.2 Å². The highest BCUT2D eigenvalue weighted by molar-refractivity contribution is 5.74. The van der Waals surface area contributed by atoms with E-state index < -0.39 is 0 Å². The second-order valence-corrected chi connectivity index (χ2v) is 5.94. The number of carbonyl (C=O) groups is 1. The number of amides is 2. The monoisotopic (exact) mass is 347 g/mol. The zero-order chi connectivity index (χ0) is 18.6. The van der Waals surface area contributed by atoms with E-state index in [9.17, 15) is 4.79 Å². The maximum Gasteiger partial charge on any atom is 0.317 e. The minimum atomic E-state index is -0.222. The Bertz CT molecular complexity index is 722. The lowest BCUT2D eigenvalue weighted by Crippen LogP contribution is -2.38. The van der Waals surface area contributed by atoms with Crippen molar-refractivity contribution in [1.29, 1.82) is 0 Å². The molecule has 1 N–H and O–H groups in total.